The van der Waals surface area contributed by atoms with Gasteiger partial charge in [0.15, 0.2) is 0 Å². The second-order valence-corrected chi connectivity index (χ2v) is 5.60. The number of ether oxygens (including phenoxy) is 1. The van der Waals surface area contributed by atoms with Crippen LogP contribution in [0.1, 0.15) is 19.2 Å². The summed E-state index contributed by atoms with van der Waals surface area (Å²) < 4.78 is 7.75. The van der Waals surface area contributed by atoms with Crippen molar-refractivity contribution in [3.8, 4) is 0 Å². The van der Waals surface area contributed by atoms with Crippen LogP contribution in [0, 0.1) is 0 Å². The number of benzene rings is 1. The predicted octanol–water partition coefficient (Wildman–Crippen LogP) is 1.90. The van der Waals surface area contributed by atoms with Gasteiger partial charge in [0, 0.05) is 32.6 Å². The number of imidazole rings is 1. The molecule has 114 valence electrons. The molecule has 1 aromatic heterocycles. The number of rotatable bonds is 5. The lowest BCUT2D eigenvalue weighted by Crippen LogP contribution is -2.38. The Hall–Kier alpha value is -1.59. The van der Waals surface area contributed by atoms with Crippen molar-refractivity contribution < 1.29 is 4.74 Å². The Balaban J connectivity index is 1.84. The number of hydrogen-bond acceptors (Lipinski definition) is 4. The Labute approximate surface area is 125 Å². The molecule has 0 radical (unpaired) electrons. The summed E-state index contributed by atoms with van der Waals surface area (Å²) in [6, 6.07) is 6.06. The van der Waals surface area contributed by atoms with Gasteiger partial charge >= 0.3 is 0 Å². The maximum atomic E-state index is 6.07. The minimum absolute atomic E-state index is 0.773. The highest BCUT2D eigenvalue weighted by Crippen LogP contribution is 2.22. The van der Waals surface area contributed by atoms with Crippen molar-refractivity contribution in [3.63, 3.8) is 0 Å². The highest BCUT2D eigenvalue weighted by atomic mass is 16.5. The van der Waals surface area contributed by atoms with Crippen molar-refractivity contribution >= 4 is 16.7 Å². The highest BCUT2D eigenvalue weighted by molar-refractivity contribution is 5.87. The standard InChI is InChI=1S/C16H24N4O/c1-2-4-15-18-16-13(17)5-3-6-14(16)20(15)8-7-19-9-11-21-12-10-19/h3,5-6H,2,4,7-12,17H2,1H3. The monoisotopic (exact) mass is 288 g/mol. The predicted molar refractivity (Wildman–Crippen MR) is 85.4 cm³/mol. The molecule has 5 heteroatoms. The maximum absolute atomic E-state index is 6.07. The van der Waals surface area contributed by atoms with Gasteiger partial charge in [-0.05, 0) is 18.6 Å². The zero-order chi connectivity index (χ0) is 14.7. The molecule has 1 aromatic carbocycles. The van der Waals surface area contributed by atoms with E-state index >= 15 is 0 Å². The number of nitrogens with two attached hydrogens (primary N) is 1. The fraction of sp³-hybridized carbons (Fsp3) is 0.562. The second kappa shape index (κ2) is 6.45. The summed E-state index contributed by atoms with van der Waals surface area (Å²) in [7, 11) is 0. The van der Waals surface area contributed by atoms with E-state index in [0.29, 0.717) is 0 Å². The molecule has 0 bridgehead atoms. The summed E-state index contributed by atoms with van der Waals surface area (Å²) in [5.41, 5.74) is 8.95. The molecule has 0 amide bonds. The molecular formula is C16H24N4O. The van der Waals surface area contributed by atoms with Gasteiger partial charge in [-0.25, -0.2) is 4.98 Å². The molecule has 1 aliphatic heterocycles. The van der Waals surface area contributed by atoms with Gasteiger partial charge in [0.2, 0.25) is 0 Å². The molecular weight excluding hydrogens is 264 g/mol. The van der Waals surface area contributed by atoms with Gasteiger partial charge in [0.1, 0.15) is 11.3 Å². The molecule has 0 aliphatic carbocycles. The van der Waals surface area contributed by atoms with Crippen molar-refractivity contribution in [2.75, 3.05) is 38.6 Å². The first-order valence-corrected chi connectivity index (χ1v) is 7.83. The lowest BCUT2D eigenvalue weighted by molar-refractivity contribution is 0.0364. The SMILES string of the molecule is CCCc1nc2c(N)cccc2n1CCN1CCOCC1. The molecule has 5 nitrogen and oxygen atoms in total. The Morgan fingerprint density at radius 1 is 1.24 bits per heavy atom. The third kappa shape index (κ3) is 3.04. The molecule has 1 saturated heterocycles. The van der Waals surface area contributed by atoms with Crippen LogP contribution in [0.4, 0.5) is 5.69 Å². The van der Waals surface area contributed by atoms with Crippen molar-refractivity contribution in [3.05, 3.63) is 24.0 Å². The number of fused-ring (bicyclic) bond motifs is 1. The molecule has 21 heavy (non-hydrogen) atoms. The normalized spacial score (nSPS) is 16.6. The topological polar surface area (TPSA) is 56.3 Å². The van der Waals surface area contributed by atoms with Crippen LogP contribution in [0.5, 0.6) is 0 Å². The van der Waals surface area contributed by atoms with Crippen molar-refractivity contribution in [1.29, 1.82) is 0 Å². The highest BCUT2D eigenvalue weighted by Gasteiger charge is 2.14. The van der Waals surface area contributed by atoms with Gasteiger partial charge in [0.05, 0.1) is 24.4 Å². The zero-order valence-corrected chi connectivity index (χ0v) is 12.7. The van der Waals surface area contributed by atoms with E-state index in [9.17, 15) is 0 Å². The molecule has 3 rings (SSSR count). The summed E-state index contributed by atoms with van der Waals surface area (Å²) in [6.07, 6.45) is 2.10. The lowest BCUT2D eigenvalue weighted by Gasteiger charge is -2.27. The van der Waals surface area contributed by atoms with E-state index < -0.39 is 0 Å². The minimum atomic E-state index is 0.773. The average molecular weight is 288 g/mol. The molecule has 0 atom stereocenters. The van der Waals surface area contributed by atoms with Gasteiger partial charge in [-0.2, -0.15) is 0 Å². The maximum Gasteiger partial charge on any atom is 0.112 e. The summed E-state index contributed by atoms with van der Waals surface area (Å²) in [6.45, 7) is 7.94. The summed E-state index contributed by atoms with van der Waals surface area (Å²) in [5.74, 6) is 1.15. The third-order valence-electron chi connectivity index (χ3n) is 4.11. The number of aromatic nitrogens is 2. The Morgan fingerprint density at radius 3 is 2.81 bits per heavy atom. The van der Waals surface area contributed by atoms with Crippen molar-refractivity contribution in [2.24, 2.45) is 0 Å². The molecule has 2 aromatic rings. The Bertz CT molecular complexity index is 602. The van der Waals surface area contributed by atoms with E-state index in [1.165, 1.54) is 0 Å². The van der Waals surface area contributed by atoms with Crippen molar-refractivity contribution in [2.45, 2.75) is 26.3 Å². The van der Waals surface area contributed by atoms with Gasteiger partial charge in [-0.1, -0.05) is 13.0 Å². The molecule has 0 spiro atoms. The van der Waals surface area contributed by atoms with E-state index in [1.807, 2.05) is 12.1 Å². The minimum Gasteiger partial charge on any atom is -0.397 e. The number of aryl methyl sites for hydroxylation is 1. The number of nitrogen functional groups attached to an aromatic ring is 1. The smallest absolute Gasteiger partial charge is 0.112 e. The van der Waals surface area contributed by atoms with Crippen LogP contribution in [-0.4, -0.2) is 47.3 Å². The lowest BCUT2D eigenvalue weighted by atomic mass is 10.2. The largest absolute Gasteiger partial charge is 0.397 e. The molecule has 0 unspecified atom stereocenters. The Kier molecular flexibility index (Phi) is 4.41. The molecule has 1 fully saturated rings. The van der Waals surface area contributed by atoms with Crippen LogP contribution in [0.3, 0.4) is 0 Å². The molecule has 1 aliphatic rings. The zero-order valence-electron chi connectivity index (χ0n) is 12.7. The first-order valence-electron chi connectivity index (χ1n) is 7.83. The van der Waals surface area contributed by atoms with Gasteiger partial charge in [-0.3, -0.25) is 4.90 Å². The van der Waals surface area contributed by atoms with Gasteiger partial charge in [0.25, 0.3) is 0 Å². The Morgan fingerprint density at radius 2 is 2.05 bits per heavy atom. The van der Waals surface area contributed by atoms with Crippen LogP contribution >= 0.6 is 0 Å². The quantitative estimate of drug-likeness (QED) is 0.854. The number of para-hydroxylation sites is 1. The van der Waals surface area contributed by atoms with Crippen LogP contribution < -0.4 is 5.73 Å². The van der Waals surface area contributed by atoms with Crippen LogP contribution in [-0.2, 0) is 17.7 Å². The summed E-state index contributed by atoms with van der Waals surface area (Å²) in [5, 5.41) is 0. The van der Waals surface area contributed by atoms with E-state index in [4.69, 9.17) is 15.5 Å². The van der Waals surface area contributed by atoms with Crippen LogP contribution in [0.2, 0.25) is 0 Å². The number of morpholine rings is 1. The number of hydrogen-bond donors (Lipinski definition) is 1. The second-order valence-electron chi connectivity index (χ2n) is 5.60. The first kappa shape index (κ1) is 14.4. The van der Waals surface area contributed by atoms with E-state index in [0.717, 1.165) is 74.8 Å². The number of nitrogens with zero attached hydrogens (tertiary/aromatic N) is 3. The van der Waals surface area contributed by atoms with Crippen LogP contribution in [0.25, 0.3) is 11.0 Å². The van der Waals surface area contributed by atoms with Gasteiger partial charge < -0.3 is 15.0 Å². The third-order valence-corrected chi connectivity index (χ3v) is 4.11. The fourth-order valence-electron chi connectivity index (χ4n) is 2.95. The van der Waals surface area contributed by atoms with Crippen LogP contribution in [0.15, 0.2) is 18.2 Å². The molecule has 0 saturated carbocycles. The fourth-order valence-corrected chi connectivity index (χ4v) is 2.95. The van der Waals surface area contributed by atoms with E-state index in [1.54, 1.807) is 0 Å². The first-order chi connectivity index (χ1) is 10.3. The van der Waals surface area contributed by atoms with Gasteiger partial charge in [-0.15, -0.1) is 0 Å². The summed E-state index contributed by atoms with van der Waals surface area (Å²) >= 11 is 0. The molecule has 2 heterocycles. The van der Waals surface area contributed by atoms with Crippen molar-refractivity contribution in [1.82, 2.24) is 14.5 Å². The number of anilines is 1. The summed E-state index contributed by atoms with van der Waals surface area (Å²) in [4.78, 5) is 7.22. The average Bonchev–Trinajstić information content (AvgIpc) is 2.86. The molecule has 2 N–H and O–H groups in total. The van der Waals surface area contributed by atoms with E-state index in [-0.39, 0.29) is 0 Å². The van der Waals surface area contributed by atoms with E-state index in [2.05, 4.69) is 22.5 Å².